The highest BCUT2D eigenvalue weighted by Gasteiger charge is 2.61. The summed E-state index contributed by atoms with van der Waals surface area (Å²) in [6.07, 6.45) is 0. The highest BCUT2D eigenvalue weighted by molar-refractivity contribution is 6.09. The molecule has 4 aliphatic rings. The number of rotatable bonds is 5. The van der Waals surface area contributed by atoms with Crippen molar-refractivity contribution in [3.8, 4) is 0 Å². The number of hydrogen-bond donors (Lipinski definition) is 2. The molecule has 2 bridgehead atoms. The smallest absolute Gasteiger partial charge is 0.326 e. The van der Waals surface area contributed by atoms with Crippen molar-refractivity contribution in [2.24, 2.45) is 11.8 Å². The van der Waals surface area contributed by atoms with Crippen molar-refractivity contribution in [3.05, 3.63) is 107 Å². The van der Waals surface area contributed by atoms with Gasteiger partial charge in [-0.2, -0.15) is 0 Å². The van der Waals surface area contributed by atoms with Gasteiger partial charge >= 0.3 is 5.97 Å². The van der Waals surface area contributed by atoms with E-state index < -0.39 is 54.6 Å². The average Bonchev–Trinajstić information content (AvgIpc) is 3.20. The Hall–Kier alpha value is -4.79. The number of hydrazine groups is 1. The van der Waals surface area contributed by atoms with Crippen molar-refractivity contribution in [2.75, 3.05) is 13.2 Å². The number of amides is 4. The molecule has 4 amide bonds. The second-order valence-electron chi connectivity index (χ2n) is 9.56. The Bertz CT molecular complexity index is 1370. The summed E-state index contributed by atoms with van der Waals surface area (Å²) in [5, 5.41) is 0. The molecule has 0 spiro atoms. The zero-order valence-electron chi connectivity index (χ0n) is 20.1. The SMILES string of the molecule is O=C(COC(=O)CN1C(=O)[C@@H]2C3c4ccccc4C(c4ccccc43)[C@@H]2C1=O)NNC(=O)c1ccccc1. The van der Waals surface area contributed by atoms with Crippen LogP contribution in [-0.2, 0) is 23.9 Å². The van der Waals surface area contributed by atoms with Gasteiger partial charge in [0.05, 0.1) is 11.8 Å². The van der Waals surface area contributed by atoms with Crippen LogP contribution >= 0.6 is 0 Å². The molecule has 3 aromatic rings. The Morgan fingerprint density at radius 2 is 1.16 bits per heavy atom. The minimum atomic E-state index is -0.891. The predicted octanol–water partition coefficient (Wildman–Crippen LogP) is 1.88. The second kappa shape index (κ2) is 9.26. The van der Waals surface area contributed by atoms with Crippen molar-refractivity contribution in [3.63, 3.8) is 0 Å². The van der Waals surface area contributed by atoms with Gasteiger partial charge in [0.2, 0.25) is 11.8 Å². The Morgan fingerprint density at radius 3 is 1.66 bits per heavy atom. The molecule has 9 heteroatoms. The Balaban J connectivity index is 1.12. The summed E-state index contributed by atoms with van der Waals surface area (Å²) < 4.78 is 5.00. The lowest BCUT2D eigenvalue weighted by Gasteiger charge is -2.45. The number of carbonyl (C=O) groups is 5. The van der Waals surface area contributed by atoms with Crippen LogP contribution in [0, 0.1) is 11.8 Å². The van der Waals surface area contributed by atoms with Crippen molar-refractivity contribution < 1.29 is 28.7 Å². The summed E-state index contributed by atoms with van der Waals surface area (Å²) in [4.78, 5) is 64.6. The Labute approximate surface area is 217 Å². The van der Waals surface area contributed by atoms with E-state index in [4.69, 9.17) is 4.74 Å². The molecule has 1 aliphatic heterocycles. The molecule has 3 aromatic carbocycles. The molecule has 0 radical (unpaired) electrons. The van der Waals surface area contributed by atoms with E-state index in [1.165, 1.54) is 0 Å². The Morgan fingerprint density at radius 1 is 0.684 bits per heavy atom. The van der Waals surface area contributed by atoms with E-state index in [2.05, 4.69) is 10.9 Å². The lowest BCUT2D eigenvalue weighted by Crippen LogP contribution is -2.44. The van der Waals surface area contributed by atoms with Crippen LogP contribution in [0.5, 0.6) is 0 Å². The molecule has 2 atom stereocenters. The van der Waals surface area contributed by atoms with Gasteiger partial charge in [0.25, 0.3) is 11.8 Å². The predicted molar refractivity (Wildman–Crippen MR) is 133 cm³/mol. The first kappa shape index (κ1) is 23.6. The first-order chi connectivity index (χ1) is 18.5. The molecule has 9 nitrogen and oxygen atoms in total. The van der Waals surface area contributed by atoms with Crippen LogP contribution < -0.4 is 10.9 Å². The summed E-state index contributed by atoms with van der Waals surface area (Å²) in [5.74, 6) is -4.73. The standard InChI is InChI=1S/C29H23N3O6/c33-21(30-31-27(35)16-8-2-1-3-9-16)15-38-22(34)14-32-28(36)25-23-17-10-4-5-11-18(17)24(26(25)29(32)37)20-13-7-6-12-19(20)23/h1-13,23-26H,14-15H2,(H,30,33)(H,31,35)/t23?,24?,25-,26+. The van der Waals surface area contributed by atoms with E-state index in [9.17, 15) is 24.0 Å². The van der Waals surface area contributed by atoms with Crippen LogP contribution in [0.4, 0.5) is 0 Å². The fourth-order valence-electron chi connectivity index (χ4n) is 6.04. The zero-order valence-corrected chi connectivity index (χ0v) is 20.1. The summed E-state index contributed by atoms with van der Waals surface area (Å²) in [6.45, 7) is -1.26. The average molecular weight is 510 g/mol. The topological polar surface area (TPSA) is 122 Å². The van der Waals surface area contributed by atoms with Gasteiger partial charge in [0.1, 0.15) is 6.54 Å². The number of esters is 1. The number of hydrogen-bond acceptors (Lipinski definition) is 6. The highest BCUT2D eigenvalue weighted by atomic mass is 16.5. The van der Waals surface area contributed by atoms with E-state index in [0.717, 1.165) is 27.2 Å². The molecule has 1 saturated heterocycles. The Kier molecular flexibility index (Phi) is 5.75. The third-order valence-corrected chi connectivity index (χ3v) is 7.54. The van der Waals surface area contributed by atoms with Gasteiger partial charge < -0.3 is 4.74 Å². The van der Waals surface area contributed by atoms with Gasteiger partial charge in [-0.15, -0.1) is 0 Å². The maximum atomic E-state index is 13.5. The lowest BCUT2D eigenvalue weighted by molar-refractivity contribution is -0.155. The molecule has 0 aromatic heterocycles. The number of imide groups is 1. The molecular formula is C29H23N3O6. The van der Waals surface area contributed by atoms with E-state index in [1.54, 1.807) is 30.3 Å². The van der Waals surface area contributed by atoms with Gasteiger partial charge in [-0.25, -0.2) is 0 Å². The molecule has 7 rings (SSSR count). The maximum Gasteiger partial charge on any atom is 0.326 e. The third-order valence-electron chi connectivity index (χ3n) is 7.54. The van der Waals surface area contributed by atoms with E-state index >= 15 is 0 Å². The van der Waals surface area contributed by atoms with E-state index in [-0.39, 0.29) is 11.8 Å². The fourth-order valence-corrected chi connectivity index (χ4v) is 6.04. The lowest BCUT2D eigenvalue weighted by atomic mass is 9.55. The largest absolute Gasteiger partial charge is 0.454 e. The molecule has 1 fully saturated rings. The summed E-state index contributed by atoms with van der Waals surface area (Å²) in [5.41, 5.74) is 8.89. The van der Waals surface area contributed by atoms with Crippen molar-refractivity contribution in [1.82, 2.24) is 15.8 Å². The number of carbonyl (C=O) groups excluding carboxylic acids is 5. The van der Waals surface area contributed by atoms with Crippen LogP contribution in [0.3, 0.4) is 0 Å². The number of benzene rings is 3. The number of likely N-dealkylation sites (tertiary alicyclic amines) is 1. The first-order valence-electron chi connectivity index (χ1n) is 12.3. The van der Waals surface area contributed by atoms with Gasteiger partial charge in [0.15, 0.2) is 6.61 Å². The molecule has 0 unspecified atom stereocenters. The maximum absolute atomic E-state index is 13.5. The molecule has 0 saturated carbocycles. The van der Waals surface area contributed by atoms with Crippen molar-refractivity contribution in [2.45, 2.75) is 11.8 Å². The van der Waals surface area contributed by atoms with Crippen molar-refractivity contribution >= 4 is 29.6 Å². The fraction of sp³-hybridized carbons (Fsp3) is 0.207. The molecule has 38 heavy (non-hydrogen) atoms. The normalized spacial score (nSPS) is 22.3. The zero-order chi connectivity index (χ0) is 26.4. The van der Waals surface area contributed by atoms with E-state index in [0.29, 0.717) is 5.56 Å². The molecule has 190 valence electrons. The third kappa shape index (κ3) is 3.75. The van der Waals surface area contributed by atoms with Gasteiger partial charge in [-0.3, -0.25) is 39.7 Å². The summed E-state index contributed by atoms with van der Waals surface area (Å²) >= 11 is 0. The minimum absolute atomic E-state index is 0.270. The second-order valence-corrected chi connectivity index (χ2v) is 9.56. The van der Waals surface area contributed by atoms with Crippen molar-refractivity contribution in [1.29, 1.82) is 0 Å². The van der Waals surface area contributed by atoms with Gasteiger partial charge in [-0.05, 0) is 34.4 Å². The number of ether oxygens (including phenoxy) is 1. The van der Waals surface area contributed by atoms with Crippen LogP contribution in [0.25, 0.3) is 0 Å². The monoisotopic (exact) mass is 509 g/mol. The summed E-state index contributed by atoms with van der Waals surface area (Å²) in [7, 11) is 0. The minimum Gasteiger partial charge on any atom is -0.454 e. The number of nitrogens with one attached hydrogen (secondary N) is 2. The molecule has 1 heterocycles. The first-order valence-corrected chi connectivity index (χ1v) is 12.3. The number of nitrogens with zero attached hydrogens (tertiary/aromatic N) is 1. The molecule has 2 N–H and O–H groups in total. The van der Waals surface area contributed by atoms with Gasteiger partial charge in [-0.1, -0.05) is 66.7 Å². The molecular weight excluding hydrogens is 486 g/mol. The van der Waals surface area contributed by atoms with Crippen LogP contribution in [0.15, 0.2) is 78.9 Å². The van der Waals surface area contributed by atoms with E-state index in [1.807, 2.05) is 48.5 Å². The van der Waals surface area contributed by atoms with Crippen LogP contribution in [0.1, 0.15) is 44.4 Å². The highest BCUT2D eigenvalue weighted by Crippen LogP contribution is 2.60. The summed E-state index contributed by atoms with van der Waals surface area (Å²) in [6, 6.07) is 24.0. The van der Waals surface area contributed by atoms with Gasteiger partial charge in [0, 0.05) is 17.4 Å². The molecule has 3 aliphatic carbocycles. The van der Waals surface area contributed by atoms with Crippen LogP contribution in [-0.4, -0.2) is 47.6 Å². The quantitative estimate of drug-likeness (QED) is 0.308. The van der Waals surface area contributed by atoms with Crippen LogP contribution in [0.2, 0.25) is 0 Å².